The van der Waals surface area contributed by atoms with E-state index < -0.39 is 32.5 Å². The molecule has 0 aliphatic rings. The van der Waals surface area contributed by atoms with Crippen LogP contribution in [0, 0.1) is 0 Å². The van der Waals surface area contributed by atoms with Crippen molar-refractivity contribution in [2.75, 3.05) is 26.4 Å². The molecule has 0 bridgehead atoms. The van der Waals surface area contributed by atoms with Crippen LogP contribution >= 0.6 is 7.82 Å². The topological polar surface area (TPSA) is 134 Å². The Morgan fingerprint density at radius 1 is 0.477 bits per heavy atom. The third-order valence-corrected chi connectivity index (χ3v) is 12.1. The van der Waals surface area contributed by atoms with Crippen molar-refractivity contribution in [1.29, 1.82) is 0 Å². The number of unbranched alkanes of at least 4 members (excludes halogenated alkanes) is 24. The van der Waals surface area contributed by atoms with E-state index in [1.807, 2.05) is 0 Å². The fraction of sp³-hybridized carbons (Fsp3) is 0.745. The van der Waals surface area contributed by atoms with Gasteiger partial charge in [-0.25, -0.2) is 4.57 Å². The predicted octanol–water partition coefficient (Wildman–Crippen LogP) is 16.2. The van der Waals surface area contributed by atoms with Gasteiger partial charge in [0.2, 0.25) is 0 Å². The number of nitrogens with two attached hydrogens (primary N) is 1. The summed E-state index contributed by atoms with van der Waals surface area (Å²) in [6, 6.07) is 0. The molecule has 2 unspecified atom stereocenters. The second kappa shape index (κ2) is 50.9. The molecule has 0 rings (SSSR count). The highest BCUT2D eigenvalue weighted by atomic mass is 31.2. The number of hydrogen-bond acceptors (Lipinski definition) is 8. The molecule has 0 heterocycles. The van der Waals surface area contributed by atoms with Crippen LogP contribution in [0.4, 0.5) is 0 Å². The van der Waals surface area contributed by atoms with Gasteiger partial charge in [-0.3, -0.25) is 18.6 Å². The minimum atomic E-state index is -4.40. The van der Waals surface area contributed by atoms with Crippen LogP contribution in [0.25, 0.3) is 0 Å². The molecule has 3 N–H and O–H groups in total. The Kier molecular flexibility index (Phi) is 48.9. The summed E-state index contributed by atoms with van der Waals surface area (Å²) in [5, 5.41) is 0. The van der Waals surface area contributed by atoms with E-state index in [4.69, 9.17) is 24.3 Å². The first kappa shape index (κ1) is 62.4. The predicted molar refractivity (Wildman–Crippen MR) is 275 cm³/mol. The quantitative estimate of drug-likeness (QED) is 0.0265. The van der Waals surface area contributed by atoms with E-state index >= 15 is 0 Å². The molecule has 2 atom stereocenters. The first-order chi connectivity index (χ1) is 31.8. The smallest absolute Gasteiger partial charge is 0.462 e. The molecule has 0 fully saturated rings. The van der Waals surface area contributed by atoms with Crippen molar-refractivity contribution >= 4 is 19.8 Å². The average Bonchev–Trinajstić information content (AvgIpc) is 3.30. The zero-order valence-corrected chi connectivity index (χ0v) is 42.6. The summed E-state index contributed by atoms with van der Waals surface area (Å²) in [5.41, 5.74) is 5.36. The normalized spacial score (nSPS) is 13.7. The summed E-state index contributed by atoms with van der Waals surface area (Å²) in [6.07, 6.45) is 63.9. The monoisotopic (exact) mass is 932 g/mol. The number of carbonyl (C=O) groups is 2. The summed E-state index contributed by atoms with van der Waals surface area (Å²) in [5.74, 6) is -0.875. The number of phosphoric ester groups is 1. The van der Waals surface area contributed by atoms with E-state index in [0.29, 0.717) is 6.42 Å². The second-order valence-electron chi connectivity index (χ2n) is 17.4. The fourth-order valence-electron chi connectivity index (χ4n) is 7.19. The number of carbonyl (C=O) groups excluding carboxylic acids is 2. The molecular weight excluding hydrogens is 834 g/mol. The summed E-state index contributed by atoms with van der Waals surface area (Å²) >= 11 is 0. The van der Waals surface area contributed by atoms with E-state index in [1.165, 1.54) is 135 Å². The molecule has 0 aromatic carbocycles. The third-order valence-electron chi connectivity index (χ3n) is 11.1. The Balaban J connectivity index is 3.96. The van der Waals surface area contributed by atoms with Crippen molar-refractivity contribution in [2.24, 2.45) is 5.73 Å². The van der Waals surface area contributed by atoms with Crippen LogP contribution in [-0.2, 0) is 32.7 Å². The zero-order valence-electron chi connectivity index (χ0n) is 41.7. The summed E-state index contributed by atoms with van der Waals surface area (Å²) < 4.78 is 32.9. The third kappa shape index (κ3) is 50.7. The fourth-order valence-corrected chi connectivity index (χ4v) is 7.95. The van der Waals surface area contributed by atoms with Gasteiger partial charge in [0.05, 0.1) is 13.2 Å². The molecule has 0 saturated heterocycles. The van der Waals surface area contributed by atoms with Crippen molar-refractivity contribution in [3.8, 4) is 0 Å². The van der Waals surface area contributed by atoms with Crippen LogP contribution in [0.15, 0.2) is 72.9 Å². The Morgan fingerprint density at radius 2 is 0.846 bits per heavy atom. The van der Waals surface area contributed by atoms with Gasteiger partial charge < -0.3 is 20.1 Å². The second-order valence-corrected chi connectivity index (χ2v) is 18.8. The molecule has 0 aromatic heterocycles. The maximum atomic E-state index is 12.6. The minimum absolute atomic E-state index is 0.0442. The molecule has 376 valence electrons. The van der Waals surface area contributed by atoms with Crippen LogP contribution < -0.4 is 5.73 Å². The Labute approximate surface area is 399 Å². The van der Waals surface area contributed by atoms with E-state index in [2.05, 4.69) is 86.8 Å². The number of allylic oxidation sites excluding steroid dienone is 12. The standard InChI is InChI=1S/C55H98NO8P/c1-3-5-7-9-11-13-15-17-19-20-21-22-23-24-25-26-27-28-29-30-31-32-34-35-37-39-41-43-45-47-54(57)61-51-53(52-63-65(59,60)62-50-49-56)64-55(58)48-46-44-42-40-38-36-33-18-16-14-12-10-8-6-4-2/h6,8,12,14-15,17-18,20-21,33,38,40,53H,3-5,7,9-11,13,16,19,22-32,34-37,39,41-52,56H2,1-2H3,(H,59,60)/b8-6-,14-12-,17-15-,21-20-,33-18-,40-38-. The lowest BCUT2D eigenvalue weighted by atomic mass is 10.0. The van der Waals surface area contributed by atoms with Gasteiger partial charge in [0.15, 0.2) is 6.10 Å². The lowest BCUT2D eigenvalue weighted by Gasteiger charge is -2.19. The van der Waals surface area contributed by atoms with Crippen molar-refractivity contribution in [2.45, 2.75) is 238 Å². The van der Waals surface area contributed by atoms with Gasteiger partial charge in [-0.05, 0) is 83.5 Å². The molecule has 0 saturated carbocycles. The molecule has 0 radical (unpaired) electrons. The molecule has 0 aliphatic carbocycles. The number of ether oxygens (including phenoxy) is 2. The Morgan fingerprint density at radius 3 is 1.29 bits per heavy atom. The van der Waals surface area contributed by atoms with Gasteiger partial charge >= 0.3 is 19.8 Å². The van der Waals surface area contributed by atoms with Crippen molar-refractivity contribution < 1.29 is 37.6 Å². The Hall–Kier alpha value is -2.55. The zero-order chi connectivity index (χ0) is 47.4. The average molecular weight is 932 g/mol. The van der Waals surface area contributed by atoms with Gasteiger partial charge in [0.1, 0.15) is 6.61 Å². The van der Waals surface area contributed by atoms with Gasteiger partial charge in [0.25, 0.3) is 0 Å². The number of rotatable bonds is 49. The first-order valence-corrected chi connectivity index (χ1v) is 27.9. The highest BCUT2D eigenvalue weighted by Crippen LogP contribution is 2.43. The molecular formula is C55H98NO8P. The molecule has 0 aliphatic heterocycles. The van der Waals surface area contributed by atoms with E-state index in [1.54, 1.807) is 0 Å². The number of esters is 2. The van der Waals surface area contributed by atoms with Gasteiger partial charge in [-0.1, -0.05) is 209 Å². The van der Waals surface area contributed by atoms with Crippen LogP contribution in [0.5, 0.6) is 0 Å². The lowest BCUT2D eigenvalue weighted by molar-refractivity contribution is -0.161. The largest absolute Gasteiger partial charge is 0.472 e. The minimum Gasteiger partial charge on any atom is -0.462 e. The summed E-state index contributed by atoms with van der Waals surface area (Å²) in [7, 11) is -4.40. The maximum absolute atomic E-state index is 12.6. The van der Waals surface area contributed by atoms with Crippen LogP contribution in [-0.4, -0.2) is 49.3 Å². The highest BCUT2D eigenvalue weighted by molar-refractivity contribution is 7.47. The van der Waals surface area contributed by atoms with E-state index in [9.17, 15) is 19.0 Å². The van der Waals surface area contributed by atoms with Crippen LogP contribution in [0.3, 0.4) is 0 Å². The Bertz CT molecular complexity index is 1290. The van der Waals surface area contributed by atoms with Gasteiger partial charge in [-0.2, -0.15) is 0 Å². The van der Waals surface area contributed by atoms with E-state index in [-0.39, 0.29) is 32.6 Å². The highest BCUT2D eigenvalue weighted by Gasteiger charge is 2.26. The molecule has 9 nitrogen and oxygen atoms in total. The SMILES string of the molecule is CC/C=C\C/C=C\C/C=C\C/C=C\CCCCC(=O)OC(COC(=O)CCCCCCCCCCCCCCCCCCC/C=C\C/C=C\CCCCCCC)COP(=O)(O)OCCN. The number of hydrogen-bond donors (Lipinski definition) is 2. The lowest BCUT2D eigenvalue weighted by Crippen LogP contribution is -2.29. The molecule has 0 spiro atoms. The van der Waals surface area contributed by atoms with Crippen molar-refractivity contribution in [3.05, 3.63) is 72.9 Å². The molecule has 0 aromatic rings. The van der Waals surface area contributed by atoms with Crippen LogP contribution in [0.2, 0.25) is 0 Å². The van der Waals surface area contributed by atoms with E-state index in [0.717, 1.165) is 64.2 Å². The van der Waals surface area contributed by atoms with Crippen LogP contribution in [0.1, 0.15) is 232 Å². The van der Waals surface area contributed by atoms with Crippen molar-refractivity contribution in [3.63, 3.8) is 0 Å². The molecule has 0 amide bonds. The summed E-state index contributed by atoms with van der Waals surface area (Å²) in [4.78, 5) is 35.0. The summed E-state index contributed by atoms with van der Waals surface area (Å²) in [6.45, 7) is 3.57. The van der Waals surface area contributed by atoms with Gasteiger partial charge in [0, 0.05) is 19.4 Å². The molecule has 10 heteroatoms. The molecule has 65 heavy (non-hydrogen) atoms. The number of phosphoric acid groups is 1. The maximum Gasteiger partial charge on any atom is 0.472 e. The van der Waals surface area contributed by atoms with Gasteiger partial charge in [-0.15, -0.1) is 0 Å². The van der Waals surface area contributed by atoms with Crippen molar-refractivity contribution in [1.82, 2.24) is 0 Å². The first-order valence-electron chi connectivity index (χ1n) is 26.4.